The molecule has 2 heterocycles. The second kappa shape index (κ2) is 16.1. The summed E-state index contributed by atoms with van der Waals surface area (Å²) in [5.41, 5.74) is 4.60. The van der Waals surface area contributed by atoms with E-state index in [1.807, 2.05) is 75.4 Å². The van der Waals surface area contributed by atoms with Crippen molar-refractivity contribution in [3.05, 3.63) is 112 Å². The standard InChI is InChI=1S/C38H38Cl2N4O5/c1-5-47-35(46)8-6-7-33(45)26-13-17-29(18-14-26)42-32(25-11-9-24(10-12-25)30-19-16-28(39)21-31(30)40)23-48-34-20-15-27(22-41-34)36-43-44-37(49-36)38(2,3)4/h9-22,32,42H,5-8,23H2,1-4H3/t32-/m1/s1. The summed E-state index contributed by atoms with van der Waals surface area (Å²) < 4.78 is 17.0. The molecule has 0 amide bonds. The SMILES string of the molecule is CCOC(=O)CCCC(=O)c1ccc(N[C@H](COc2ccc(-c3nnc(C(C)(C)C)o3)cn2)c2ccc(-c3ccc(Cl)cc3Cl)cc2)cc1. The topological polar surface area (TPSA) is 116 Å². The number of anilines is 1. The molecule has 9 nitrogen and oxygen atoms in total. The van der Waals surface area contributed by atoms with Crippen molar-refractivity contribution in [2.45, 2.75) is 58.4 Å². The maximum Gasteiger partial charge on any atom is 0.305 e. The maximum absolute atomic E-state index is 12.7. The molecule has 5 rings (SSSR count). The molecule has 0 saturated heterocycles. The fourth-order valence-corrected chi connectivity index (χ4v) is 5.49. The lowest BCUT2D eigenvalue weighted by Gasteiger charge is -2.21. The van der Waals surface area contributed by atoms with E-state index in [0.717, 1.165) is 22.4 Å². The van der Waals surface area contributed by atoms with Crippen molar-refractivity contribution >= 4 is 40.6 Å². The van der Waals surface area contributed by atoms with Crippen LogP contribution < -0.4 is 10.1 Å². The molecule has 0 aliphatic heterocycles. The average molecular weight is 702 g/mol. The minimum absolute atomic E-state index is 0.0307. The number of nitrogens with one attached hydrogen (secondary N) is 1. The Balaban J connectivity index is 1.30. The Bertz CT molecular complexity index is 1870. The summed E-state index contributed by atoms with van der Waals surface area (Å²) in [6.07, 6.45) is 2.57. The average Bonchev–Trinajstić information content (AvgIpc) is 3.59. The van der Waals surface area contributed by atoms with E-state index in [4.69, 9.17) is 37.1 Å². The molecular formula is C38H38Cl2N4O5. The largest absolute Gasteiger partial charge is 0.475 e. The molecule has 0 aliphatic rings. The predicted octanol–water partition coefficient (Wildman–Crippen LogP) is 9.55. The molecule has 2 aromatic heterocycles. The van der Waals surface area contributed by atoms with Crippen molar-refractivity contribution in [1.82, 2.24) is 15.2 Å². The van der Waals surface area contributed by atoms with Gasteiger partial charge in [-0.25, -0.2) is 4.98 Å². The van der Waals surface area contributed by atoms with Gasteiger partial charge in [-0.05, 0) is 66.9 Å². The van der Waals surface area contributed by atoms with Gasteiger partial charge in [0.2, 0.25) is 17.7 Å². The van der Waals surface area contributed by atoms with E-state index >= 15 is 0 Å². The summed E-state index contributed by atoms with van der Waals surface area (Å²) in [6.45, 7) is 8.36. The van der Waals surface area contributed by atoms with Gasteiger partial charge >= 0.3 is 5.97 Å². The summed E-state index contributed by atoms with van der Waals surface area (Å²) in [6, 6.07) is 24.0. The highest BCUT2D eigenvalue weighted by atomic mass is 35.5. The summed E-state index contributed by atoms with van der Waals surface area (Å²) in [4.78, 5) is 28.8. The van der Waals surface area contributed by atoms with E-state index in [1.54, 1.807) is 37.4 Å². The molecule has 0 spiro atoms. The maximum atomic E-state index is 12.7. The third kappa shape index (κ3) is 9.68. The number of hydrogen-bond donors (Lipinski definition) is 1. The van der Waals surface area contributed by atoms with E-state index in [0.29, 0.717) is 51.9 Å². The van der Waals surface area contributed by atoms with Crippen LogP contribution in [-0.2, 0) is 14.9 Å². The van der Waals surface area contributed by atoms with Crippen molar-refractivity contribution in [1.29, 1.82) is 0 Å². The number of aromatic nitrogens is 3. The molecule has 11 heteroatoms. The highest BCUT2D eigenvalue weighted by Crippen LogP contribution is 2.32. The quantitative estimate of drug-likeness (QED) is 0.0893. The lowest BCUT2D eigenvalue weighted by atomic mass is 9.97. The monoisotopic (exact) mass is 700 g/mol. The first-order chi connectivity index (χ1) is 23.5. The van der Waals surface area contributed by atoms with Crippen molar-refractivity contribution in [2.24, 2.45) is 0 Å². The van der Waals surface area contributed by atoms with Crippen LogP contribution in [0.3, 0.4) is 0 Å². The number of esters is 1. The summed E-state index contributed by atoms with van der Waals surface area (Å²) in [7, 11) is 0. The van der Waals surface area contributed by atoms with Crippen LogP contribution in [0.25, 0.3) is 22.6 Å². The van der Waals surface area contributed by atoms with Gasteiger partial charge in [0, 0.05) is 57.4 Å². The van der Waals surface area contributed by atoms with Crippen molar-refractivity contribution < 1.29 is 23.5 Å². The zero-order valence-corrected chi connectivity index (χ0v) is 29.3. The van der Waals surface area contributed by atoms with Crippen LogP contribution in [0.1, 0.15) is 74.8 Å². The van der Waals surface area contributed by atoms with Crippen LogP contribution in [0, 0.1) is 0 Å². The van der Waals surface area contributed by atoms with Crippen molar-refractivity contribution in [3.63, 3.8) is 0 Å². The number of ketones is 1. The molecule has 254 valence electrons. The minimum Gasteiger partial charge on any atom is -0.475 e. The number of rotatable bonds is 14. The molecule has 49 heavy (non-hydrogen) atoms. The van der Waals surface area contributed by atoms with Crippen molar-refractivity contribution in [2.75, 3.05) is 18.5 Å². The van der Waals surface area contributed by atoms with Gasteiger partial charge in [0.15, 0.2) is 5.78 Å². The van der Waals surface area contributed by atoms with E-state index in [9.17, 15) is 9.59 Å². The molecule has 0 bridgehead atoms. The number of hydrogen-bond acceptors (Lipinski definition) is 9. The normalized spacial score (nSPS) is 12.0. The number of nitrogens with zero attached hydrogens (tertiary/aromatic N) is 3. The Kier molecular flexibility index (Phi) is 11.7. The fourth-order valence-electron chi connectivity index (χ4n) is 4.97. The van der Waals surface area contributed by atoms with Crippen LogP contribution in [0.4, 0.5) is 5.69 Å². The Morgan fingerprint density at radius 3 is 2.27 bits per heavy atom. The Hall–Kier alpha value is -4.73. The lowest BCUT2D eigenvalue weighted by molar-refractivity contribution is -0.143. The van der Waals surface area contributed by atoms with E-state index in [2.05, 4.69) is 20.5 Å². The number of halogens is 2. The fraction of sp³-hybridized carbons (Fsp3) is 0.289. The van der Waals surface area contributed by atoms with Crippen LogP contribution in [-0.4, -0.2) is 40.1 Å². The van der Waals surface area contributed by atoms with E-state index in [1.165, 1.54) is 0 Å². The Morgan fingerprint density at radius 2 is 1.63 bits per heavy atom. The molecule has 0 saturated carbocycles. The van der Waals surface area contributed by atoms with Gasteiger partial charge in [-0.2, -0.15) is 0 Å². The third-order valence-electron chi connectivity index (χ3n) is 7.64. The van der Waals surface area contributed by atoms with Gasteiger partial charge in [0.25, 0.3) is 0 Å². The molecular weight excluding hydrogens is 663 g/mol. The second-order valence-corrected chi connectivity index (χ2v) is 13.3. The molecule has 0 unspecified atom stereocenters. The molecule has 1 N–H and O–H groups in total. The molecule has 0 fully saturated rings. The van der Waals surface area contributed by atoms with Gasteiger partial charge in [0.05, 0.1) is 18.2 Å². The molecule has 0 radical (unpaired) electrons. The van der Waals surface area contributed by atoms with E-state index in [-0.39, 0.29) is 42.7 Å². The van der Waals surface area contributed by atoms with Crippen molar-refractivity contribution in [3.8, 4) is 28.5 Å². The highest BCUT2D eigenvalue weighted by molar-refractivity contribution is 6.36. The van der Waals surface area contributed by atoms with Crippen LogP contribution in [0.5, 0.6) is 5.88 Å². The first-order valence-electron chi connectivity index (χ1n) is 16.0. The molecule has 0 aliphatic carbocycles. The van der Waals surface area contributed by atoms with Crippen LogP contribution in [0.15, 0.2) is 89.5 Å². The third-order valence-corrected chi connectivity index (χ3v) is 8.19. The number of Topliss-reactive ketones (excluding diaryl/α,β-unsaturated/α-hetero) is 1. The predicted molar refractivity (Wildman–Crippen MR) is 191 cm³/mol. The van der Waals surface area contributed by atoms with Crippen LogP contribution >= 0.6 is 23.2 Å². The Labute approximate surface area is 296 Å². The van der Waals surface area contributed by atoms with Gasteiger partial charge in [-0.15, -0.1) is 10.2 Å². The smallest absolute Gasteiger partial charge is 0.305 e. The number of carbonyl (C=O) groups excluding carboxylic acids is 2. The zero-order chi connectivity index (χ0) is 35.0. The molecule has 1 atom stereocenters. The molecule has 5 aromatic rings. The first-order valence-corrected chi connectivity index (χ1v) is 16.8. The first kappa shape index (κ1) is 35.6. The highest BCUT2D eigenvalue weighted by Gasteiger charge is 2.22. The Morgan fingerprint density at radius 1 is 0.898 bits per heavy atom. The summed E-state index contributed by atoms with van der Waals surface area (Å²) >= 11 is 12.6. The van der Waals surface area contributed by atoms with Crippen LogP contribution in [0.2, 0.25) is 10.0 Å². The lowest BCUT2D eigenvalue weighted by Crippen LogP contribution is -2.19. The van der Waals surface area contributed by atoms with Gasteiger partial charge < -0.3 is 19.2 Å². The zero-order valence-electron chi connectivity index (χ0n) is 27.8. The summed E-state index contributed by atoms with van der Waals surface area (Å²) in [5, 5.41) is 13.0. The van der Waals surface area contributed by atoms with E-state index < -0.39 is 0 Å². The second-order valence-electron chi connectivity index (χ2n) is 12.5. The number of ether oxygens (including phenoxy) is 2. The summed E-state index contributed by atoms with van der Waals surface area (Å²) in [5.74, 6) is 1.05. The number of carbonyl (C=O) groups is 2. The minimum atomic E-state index is -0.292. The molecule has 3 aromatic carbocycles. The van der Waals surface area contributed by atoms with Gasteiger partial charge in [-0.3, -0.25) is 9.59 Å². The van der Waals surface area contributed by atoms with Gasteiger partial charge in [0.1, 0.15) is 6.61 Å². The van der Waals surface area contributed by atoms with Gasteiger partial charge in [-0.1, -0.05) is 74.3 Å². The number of benzene rings is 3. The number of pyridine rings is 1.